The van der Waals surface area contributed by atoms with Crippen molar-refractivity contribution >= 4 is 27.3 Å². The third kappa shape index (κ3) is 3.98. The number of fused-ring (bicyclic) bond motifs is 3. The molecule has 37 heavy (non-hydrogen) atoms. The summed E-state index contributed by atoms with van der Waals surface area (Å²) in [5, 5.41) is 6.98. The number of nitrogens with zero attached hydrogens (tertiary/aromatic N) is 4. The van der Waals surface area contributed by atoms with Gasteiger partial charge in [0.15, 0.2) is 5.03 Å². The van der Waals surface area contributed by atoms with E-state index in [4.69, 9.17) is 4.74 Å². The van der Waals surface area contributed by atoms with Crippen molar-refractivity contribution in [3.63, 3.8) is 0 Å². The Bertz CT molecular complexity index is 1650. The van der Waals surface area contributed by atoms with Crippen LogP contribution >= 0.6 is 0 Å². The van der Waals surface area contributed by atoms with E-state index in [0.29, 0.717) is 24.8 Å². The van der Waals surface area contributed by atoms with E-state index >= 15 is 0 Å². The quantitative estimate of drug-likeness (QED) is 0.416. The lowest BCUT2D eigenvalue weighted by atomic mass is 9.98. The number of aromatic nitrogens is 4. The van der Waals surface area contributed by atoms with Gasteiger partial charge in [0.05, 0.1) is 42.6 Å². The molecule has 0 radical (unpaired) electrons. The number of ether oxygens (including phenoxy) is 1. The normalized spacial score (nSPS) is 19.0. The van der Waals surface area contributed by atoms with Gasteiger partial charge in [0.2, 0.25) is 0 Å². The molecule has 1 atom stereocenters. The summed E-state index contributed by atoms with van der Waals surface area (Å²) in [4.78, 5) is 17.3. The van der Waals surface area contributed by atoms with E-state index in [1.54, 1.807) is 17.2 Å². The molecular weight excluding hydrogens is 492 g/mol. The van der Waals surface area contributed by atoms with E-state index in [-0.39, 0.29) is 11.1 Å². The van der Waals surface area contributed by atoms with Gasteiger partial charge >= 0.3 is 6.03 Å². The molecule has 4 aromatic rings. The minimum atomic E-state index is -4.18. The minimum absolute atomic E-state index is 0.138. The van der Waals surface area contributed by atoms with Crippen LogP contribution < -0.4 is 10.0 Å². The van der Waals surface area contributed by atoms with Gasteiger partial charge in [-0.05, 0) is 55.2 Å². The van der Waals surface area contributed by atoms with Crippen LogP contribution in [0.1, 0.15) is 42.2 Å². The van der Waals surface area contributed by atoms with Crippen molar-refractivity contribution in [1.82, 2.24) is 23.9 Å². The van der Waals surface area contributed by atoms with Crippen molar-refractivity contribution in [2.45, 2.75) is 49.8 Å². The SMILES string of the molecule is O=C(Nc1c(-c2ccc3cncn3c2)ccc2c1CCC2)NS(=O)(=O)c1cc2n(n1)CCO[C@@H]2C1CC1. The number of pyridine rings is 1. The number of benzene rings is 1. The molecule has 10 nitrogen and oxygen atoms in total. The summed E-state index contributed by atoms with van der Waals surface area (Å²) in [5.41, 5.74) is 6.27. The average molecular weight is 519 g/mol. The van der Waals surface area contributed by atoms with E-state index in [2.05, 4.69) is 26.2 Å². The highest BCUT2D eigenvalue weighted by Crippen LogP contribution is 2.45. The molecule has 1 saturated carbocycles. The second kappa shape index (κ2) is 8.42. The number of aryl methyl sites for hydroxylation is 1. The number of sulfonamides is 1. The largest absolute Gasteiger partial charge is 0.370 e. The van der Waals surface area contributed by atoms with Crippen LogP contribution in [0.15, 0.2) is 54.1 Å². The van der Waals surface area contributed by atoms with Crippen molar-refractivity contribution < 1.29 is 17.9 Å². The molecule has 1 aliphatic heterocycles. The monoisotopic (exact) mass is 518 g/mol. The maximum Gasteiger partial charge on any atom is 0.333 e. The van der Waals surface area contributed by atoms with E-state index in [9.17, 15) is 13.2 Å². The van der Waals surface area contributed by atoms with Crippen LogP contribution in [0.5, 0.6) is 0 Å². The fourth-order valence-corrected chi connectivity index (χ4v) is 6.40. The molecule has 2 amide bonds. The first-order chi connectivity index (χ1) is 18.0. The van der Waals surface area contributed by atoms with E-state index in [0.717, 1.165) is 60.0 Å². The third-order valence-electron chi connectivity index (χ3n) is 7.47. The van der Waals surface area contributed by atoms with Crippen LogP contribution in [0, 0.1) is 5.92 Å². The summed E-state index contributed by atoms with van der Waals surface area (Å²) in [6, 6.07) is 8.72. The number of anilines is 1. The molecule has 0 unspecified atom stereocenters. The Morgan fingerprint density at radius 1 is 1.14 bits per heavy atom. The molecule has 2 aliphatic carbocycles. The Morgan fingerprint density at radius 2 is 2.03 bits per heavy atom. The lowest BCUT2D eigenvalue weighted by molar-refractivity contribution is 0.00273. The first-order valence-corrected chi connectivity index (χ1v) is 14.0. The predicted octanol–water partition coefficient (Wildman–Crippen LogP) is 3.68. The number of hydrogen-bond acceptors (Lipinski definition) is 6. The van der Waals surface area contributed by atoms with Gasteiger partial charge in [-0.3, -0.25) is 4.68 Å². The molecule has 3 aromatic heterocycles. The third-order valence-corrected chi connectivity index (χ3v) is 8.68. The molecule has 7 rings (SSSR count). The molecule has 0 spiro atoms. The zero-order chi connectivity index (χ0) is 25.1. The number of amides is 2. The number of hydrogen-bond donors (Lipinski definition) is 2. The van der Waals surface area contributed by atoms with Crippen LogP contribution in [0.4, 0.5) is 10.5 Å². The van der Waals surface area contributed by atoms with Crippen molar-refractivity contribution in [3.8, 4) is 11.1 Å². The maximum absolute atomic E-state index is 13.1. The van der Waals surface area contributed by atoms with Gasteiger partial charge in [-0.2, -0.15) is 13.5 Å². The number of urea groups is 1. The van der Waals surface area contributed by atoms with Crippen molar-refractivity contribution in [1.29, 1.82) is 0 Å². The zero-order valence-corrected chi connectivity index (χ0v) is 20.9. The fourth-order valence-electron chi connectivity index (χ4n) is 5.52. The highest BCUT2D eigenvalue weighted by molar-refractivity contribution is 7.90. The van der Waals surface area contributed by atoms with Gasteiger partial charge in [0, 0.05) is 23.4 Å². The summed E-state index contributed by atoms with van der Waals surface area (Å²) in [6.07, 6.45) is 10.2. The smallest absolute Gasteiger partial charge is 0.333 e. The Morgan fingerprint density at radius 3 is 2.89 bits per heavy atom. The Balaban J connectivity index is 1.18. The van der Waals surface area contributed by atoms with Crippen LogP contribution in [0.25, 0.3) is 16.6 Å². The molecule has 3 aliphatic rings. The predicted molar refractivity (Wildman–Crippen MR) is 136 cm³/mol. The van der Waals surface area contributed by atoms with E-state index in [1.807, 2.05) is 28.8 Å². The number of imidazole rings is 1. The van der Waals surface area contributed by atoms with Crippen LogP contribution in [-0.2, 0) is 34.1 Å². The topological polar surface area (TPSA) is 120 Å². The number of carbonyl (C=O) groups is 1. The van der Waals surface area contributed by atoms with Gasteiger partial charge in [-0.1, -0.05) is 18.2 Å². The molecule has 1 aromatic carbocycles. The second-order valence-electron chi connectivity index (χ2n) is 9.94. The van der Waals surface area contributed by atoms with Crippen molar-refractivity contribution in [2.24, 2.45) is 5.92 Å². The van der Waals surface area contributed by atoms with Crippen LogP contribution in [-0.4, -0.2) is 40.2 Å². The van der Waals surface area contributed by atoms with Crippen LogP contribution in [0.2, 0.25) is 0 Å². The van der Waals surface area contributed by atoms with Crippen LogP contribution in [0.3, 0.4) is 0 Å². The van der Waals surface area contributed by atoms with E-state index < -0.39 is 16.1 Å². The second-order valence-corrected chi connectivity index (χ2v) is 11.6. The molecule has 4 heterocycles. The summed E-state index contributed by atoms with van der Waals surface area (Å²) in [6.45, 7) is 0.983. The zero-order valence-electron chi connectivity index (χ0n) is 20.1. The Kier molecular flexibility index (Phi) is 5.12. The van der Waals surface area contributed by atoms with Gasteiger partial charge in [-0.25, -0.2) is 14.5 Å². The van der Waals surface area contributed by atoms with Gasteiger partial charge in [0.25, 0.3) is 10.0 Å². The molecule has 11 heteroatoms. The van der Waals surface area contributed by atoms with E-state index in [1.165, 1.54) is 11.6 Å². The maximum atomic E-state index is 13.1. The number of nitrogens with one attached hydrogen (secondary N) is 2. The molecule has 0 saturated heterocycles. The number of rotatable bonds is 5. The highest BCUT2D eigenvalue weighted by atomic mass is 32.2. The summed E-state index contributed by atoms with van der Waals surface area (Å²) in [7, 11) is -4.18. The molecule has 0 bridgehead atoms. The summed E-state index contributed by atoms with van der Waals surface area (Å²) < 4.78 is 37.9. The first kappa shape index (κ1) is 22.5. The van der Waals surface area contributed by atoms with Gasteiger partial charge in [-0.15, -0.1) is 0 Å². The minimum Gasteiger partial charge on any atom is -0.370 e. The Labute approximate surface area is 213 Å². The summed E-state index contributed by atoms with van der Waals surface area (Å²) >= 11 is 0. The fraction of sp³-hybridized carbons (Fsp3) is 0.346. The summed E-state index contributed by atoms with van der Waals surface area (Å²) in [5.74, 6) is 0.405. The van der Waals surface area contributed by atoms with Crippen molar-refractivity contribution in [2.75, 3.05) is 11.9 Å². The Hall–Kier alpha value is -3.70. The highest BCUT2D eigenvalue weighted by Gasteiger charge is 2.38. The standard InChI is InChI=1S/C26H26N6O4S/c33-26(30-37(34,35)23-12-22-25(17-4-5-17)36-11-10-32(22)29-23)28-24-20-3-1-2-16(20)7-9-21(24)18-6-8-19-13-27-15-31(19)14-18/h6-9,12-15,17,25H,1-5,10-11H2,(H2,28,30,33)/t25-/m1/s1. The first-order valence-electron chi connectivity index (χ1n) is 12.6. The average Bonchev–Trinajstić information content (AvgIpc) is 3.26. The molecule has 2 N–H and O–H groups in total. The molecule has 1 fully saturated rings. The molecular formula is C26H26N6O4S. The van der Waals surface area contributed by atoms with Gasteiger partial charge in [0.1, 0.15) is 6.10 Å². The molecule has 190 valence electrons. The lowest BCUT2D eigenvalue weighted by Crippen LogP contribution is -2.35. The number of carbonyl (C=O) groups excluding carboxylic acids is 1. The van der Waals surface area contributed by atoms with Crippen molar-refractivity contribution in [3.05, 3.63) is 65.9 Å². The van der Waals surface area contributed by atoms with Gasteiger partial charge < -0.3 is 14.5 Å². The lowest BCUT2D eigenvalue weighted by Gasteiger charge is -2.23.